The number of sulfone groups is 1. The van der Waals surface area contributed by atoms with Crippen molar-refractivity contribution in [2.75, 3.05) is 24.6 Å². The molecule has 0 bridgehead atoms. The lowest BCUT2D eigenvalue weighted by Crippen LogP contribution is -2.27. The van der Waals surface area contributed by atoms with E-state index in [1.165, 1.54) is 11.1 Å². The molecule has 0 radical (unpaired) electrons. The van der Waals surface area contributed by atoms with Gasteiger partial charge in [0.2, 0.25) is 0 Å². The Kier molecular flexibility index (Phi) is 7.97. The van der Waals surface area contributed by atoms with E-state index in [1.54, 1.807) is 6.92 Å². The molecule has 0 aliphatic carbocycles. The molecule has 0 aliphatic rings. The molecule has 0 spiro atoms. The average molecular weight is 311 g/mol. The fourth-order valence-corrected chi connectivity index (χ4v) is 3.29. The summed E-state index contributed by atoms with van der Waals surface area (Å²) in [7, 11) is -2.87. The molecule has 1 aromatic rings. The molecule has 0 aromatic heterocycles. The second-order valence-electron chi connectivity index (χ2n) is 5.78. The first-order valence-electron chi connectivity index (χ1n) is 7.93. The summed E-state index contributed by atoms with van der Waals surface area (Å²) in [6.07, 6.45) is 2.78. The van der Waals surface area contributed by atoms with Crippen LogP contribution in [0.15, 0.2) is 24.3 Å². The van der Waals surface area contributed by atoms with Crippen molar-refractivity contribution in [3.05, 3.63) is 35.4 Å². The minimum Gasteiger partial charge on any atom is -0.316 e. The average Bonchev–Trinajstić information content (AvgIpc) is 2.47. The van der Waals surface area contributed by atoms with E-state index < -0.39 is 9.84 Å². The zero-order valence-corrected chi connectivity index (χ0v) is 14.4. The van der Waals surface area contributed by atoms with E-state index >= 15 is 0 Å². The van der Waals surface area contributed by atoms with E-state index in [1.807, 2.05) is 0 Å². The highest BCUT2D eigenvalue weighted by molar-refractivity contribution is 7.91. The minimum atomic E-state index is -2.87. The molecule has 0 aliphatic heterocycles. The normalized spacial score (nSPS) is 13.3. The predicted molar refractivity (Wildman–Crippen MR) is 90.5 cm³/mol. The van der Waals surface area contributed by atoms with Crippen molar-refractivity contribution in [3.8, 4) is 0 Å². The molecule has 0 fully saturated rings. The summed E-state index contributed by atoms with van der Waals surface area (Å²) in [6, 6.07) is 8.54. The van der Waals surface area contributed by atoms with Gasteiger partial charge < -0.3 is 5.32 Å². The summed E-state index contributed by atoms with van der Waals surface area (Å²) in [5, 5.41) is 3.43. The molecular weight excluding hydrogens is 282 g/mol. The highest BCUT2D eigenvalue weighted by Gasteiger charge is 2.14. The number of rotatable bonds is 10. The summed E-state index contributed by atoms with van der Waals surface area (Å²) >= 11 is 0. The quantitative estimate of drug-likeness (QED) is 0.676. The van der Waals surface area contributed by atoms with Gasteiger partial charge in [-0.05, 0) is 50.8 Å². The van der Waals surface area contributed by atoms with E-state index in [2.05, 4.69) is 43.4 Å². The minimum absolute atomic E-state index is 0.243. The smallest absolute Gasteiger partial charge is 0.150 e. The molecule has 1 atom stereocenters. The molecule has 21 heavy (non-hydrogen) atoms. The molecule has 1 rings (SSSR count). The fourth-order valence-electron chi connectivity index (χ4n) is 2.31. The van der Waals surface area contributed by atoms with Gasteiger partial charge in [-0.15, -0.1) is 0 Å². The van der Waals surface area contributed by atoms with E-state index in [0.717, 1.165) is 32.4 Å². The van der Waals surface area contributed by atoms with Crippen LogP contribution in [0.1, 0.15) is 37.8 Å². The molecule has 1 aromatic carbocycles. The van der Waals surface area contributed by atoms with Crippen LogP contribution in [0.25, 0.3) is 0 Å². The molecule has 0 heterocycles. The topological polar surface area (TPSA) is 46.2 Å². The lowest BCUT2D eigenvalue weighted by Gasteiger charge is -2.18. The van der Waals surface area contributed by atoms with E-state index in [9.17, 15) is 8.42 Å². The van der Waals surface area contributed by atoms with Gasteiger partial charge in [0.25, 0.3) is 0 Å². The van der Waals surface area contributed by atoms with Gasteiger partial charge in [0.05, 0.1) is 5.75 Å². The first-order chi connectivity index (χ1) is 9.96. The van der Waals surface area contributed by atoms with Gasteiger partial charge in [0.15, 0.2) is 0 Å². The summed E-state index contributed by atoms with van der Waals surface area (Å²) in [5.74, 6) is 0.918. The van der Waals surface area contributed by atoms with Crippen molar-refractivity contribution in [2.24, 2.45) is 5.92 Å². The Labute approximate surface area is 130 Å². The Bertz CT molecular complexity index is 494. The van der Waals surface area contributed by atoms with Crippen LogP contribution in [-0.2, 0) is 16.3 Å². The fraction of sp³-hybridized carbons (Fsp3) is 0.647. The number of hydrogen-bond donors (Lipinski definition) is 1. The molecule has 0 saturated heterocycles. The Hall–Kier alpha value is -0.870. The number of hydrogen-bond acceptors (Lipinski definition) is 3. The van der Waals surface area contributed by atoms with Crippen molar-refractivity contribution >= 4 is 9.84 Å². The van der Waals surface area contributed by atoms with Crippen LogP contribution in [0.5, 0.6) is 0 Å². The van der Waals surface area contributed by atoms with E-state index in [-0.39, 0.29) is 5.75 Å². The largest absolute Gasteiger partial charge is 0.316 e. The first-order valence-corrected chi connectivity index (χ1v) is 9.75. The zero-order chi connectivity index (χ0) is 15.7. The van der Waals surface area contributed by atoms with Crippen LogP contribution < -0.4 is 5.32 Å². The number of nitrogens with one attached hydrogen (secondary N) is 1. The molecule has 3 nitrogen and oxygen atoms in total. The summed E-state index contributed by atoms with van der Waals surface area (Å²) in [4.78, 5) is 0. The van der Waals surface area contributed by atoms with Crippen LogP contribution in [0.2, 0.25) is 0 Å². The molecule has 4 heteroatoms. The Morgan fingerprint density at radius 1 is 1.14 bits per heavy atom. The monoisotopic (exact) mass is 311 g/mol. The lowest BCUT2D eigenvalue weighted by atomic mass is 9.96. The summed E-state index contributed by atoms with van der Waals surface area (Å²) in [6.45, 7) is 7.83. The van der Waals surface area contributed by atoms with E-state index in [0.29, 0.717) is 11.7 Å². The third-order valence-electron chi connectivity index (χ3n) is 3.78. The van der Waals surface area contributed by atoms with Crippen molar-refractivity contribution < 1.29 is 8.42 Å². The van der Waals surface area contributed by atoms with Crippen molar-refractivity contribution in [1.29, 1.82) is 0 Å². The maximum atomic E-state index is 11.7. The van der Waals surface area contributed by atoms with Crippen molar-refractivity contribution in [2.45, 2.75) is 40.0 Å². The second-order valence-corrected chi connectivity index (χ2v) is 8.26. The zero-order valence-electron chi connectivity index (χ0n) is 13.6. The van der Waals surface area contributed by atoms with Gasteiger partial charge >= 0.3 is 0 Å². The van der Waals surface area contributed by atoms with Gasteiger partial charge in [-0.3, -0.25) is 0 Å². The van der Waals surface area contributed by atoms with Gasteiger partial charge in [0, 0.05) is 5.75 Å². The molecule has 1 N–H and O–H groups in total. The van der Waals surface area contributed by atoms with E-state index in [4.69, 9.17) is 0 Å². The van der Waals surface area contributed by atoms with Crippen LogP contribution in [0.4, 0.5) is 0 Å². The van der Waals surface area contributed by atoms with Crippen LogP contribution in [0, 0.1) is 12.8 Å². The Morgan fingerprint density at radius 2 is 1.81 bits per heavy atom. The van der Waals surface area contributed by atoms with Crippen LogP contribution in [0.3, 0.4) is 0 Å². The molecule has 1 unspecified atom stereocenters. The van der Waals surface area contributed by atoms with Crippen molar-refractivity contribution in [1.82, 2.24) is 5.32 Å². The first kappa shape index (κ1) is 18.2. The van der Waals surface area contributed by atoms with Crippen molar-refractivity contribution in [3.63, 3.8) is 0 Å². The summed E-state index contributed by atoms with van der Waals surface area (Å²) < 4.78 is 23.4. The maximum Gasteiger partial charge on any atom is 0.150 e. The van der Waals surface area contributed by atoms with Gasteiger partial charge in [-0.2, -0.15) is 0 Å². The predicted octanol–water partition coefficient (Wildman–Crippen LogP) is 2.98. The maximum absolute atomic E-state index is 11.7. The summed E-state index contributed by atoms with van der Waals surface area (Å²) in [5.41, 5.74) is 2.55. The molecule has 120 valence electrons. The number of benzene rings is 1. The Morgan fingerprint density at radius 3 is 2.38 bits per heavy atom. The third-order valence-corrected chi connectivity index (χ3v) is 5.52. The van der Waals surface area contributed by atoms with Gasteiger partial charge in [-0.25, -0.2) is 8.42 Å². The van der Waals surface area contributed by atoms with Crippen LogP contribution >= 0.6 is 0 Å². The van der Waals surface area contributed by atoms with Gasteiger partial charge in [-0.1, -0.05) is 43.7 Å². The SMILES string of the molecule is CCCNCC(CCS(=O)(=O)CC)Cc1ccc(C)cc1. The highest BCUT2D eigenvalue weighted by atomic mass is 32.2. The third kappa shape index (κ3) is 7.63. The molecule has 0 amide bonds. The Balaban J connectivity index is 2.60. The van der Waals surface area contributed by atoms with Gasteiger partial charge in [0.1, 0.15) is 9.84 Å². The highest BCUT2D eigenvalue weighted by Crippen LogP contribution is 2.14. The second kappa shape index (κ2) is 9.21. The molecular formula is C17H29NO2S. The van der Waals surface area contributed by atoms with Crippen LogP contribution in [-0.4, -0.2) is 33.0 Å². The lowest BCUT2D eigenvalue weighted by molar-refractivity contribution is 0.458. The molecule has 0 saturated carbocycles. The standard InChI is InChI=1S/C17H29NO2S/c1-4-11-18-14-17(10-12-21(19,20)5-2)13-16-8-6-15(3)7-9-16/h6-9,17-18H,4-5,10-14H2,1-3H3. The number of aryl methyl sites for hydroxylation is 1.